The summed E-state index contributed by atoms with van der Waals surface area (Å²) in [5.41, 5.74) is 2.59. The first-order chi connectivity index (χ1) is 15.8. The number of carbonyl (C=O) groups is 2. The molecule has 0 aliphatic heterocycles. The quantitative estimate of drug-likeness (QED) is 0.320. The molecule has 0 fully saturated rings. The number of anilines is 2. The van der Waals surface area contributed by atoms with Gasteiger partial charge in [-0.25, -0.2) is 0 Å². The summed E-state index contributed by atoms with van der Waals surface area (Å²) < 4.78 is 11.3. The summed E-state index contributed by atoms with van der Waals surface area (Å²) >= 11 is 12.0. The van der Waals surface area contributed by atoms with E-state index in [1.165, 1.54) is 0 Å². The van der Waals surface area contributed by atoms with E-state index in [0.29, 0.717) is 32.8 Å². The minimum atomic E-state index is -0.795. The van der Waals surface area contributed by atoms with Crippen molar-refractivity contribution in [2.24, 2.45) is 0 Å². The maximum absolute atomic E-state index is 12.6. The maximum Gasteiger partial charge on any atom is 0.291 e. The second-order valence-corrected chi connectivity index (χ2v) is 8.30. The van der Waals surface area contributed by atoms with Crippen molar-refractivity contribution in [2.45, 2.75) is 20.0 Å². The molecule has 0 bridgehead atoms. The van der Waals surface area contributed by atoms with E-state index < -0.39 is 6.10 Å². The number of furan rings is 1. The molecule has 0 saturated carbocycles. The first-order valence-corrected chi connectivity index (χ1v) is 10.9. The Morgan fingerprint density at radius 3 is 2.48 bits per heavy atom. The van der Waals surface area contributed by atoms with E-state index in [1.54, 1.807) is 55.5 Å². The second kappa shape index (κ2) is 9.57. The van der Waals surface area contributed by atoms with Crippen LogP contribution in [0.1, 0.15) is 23.0 Å². The second-order valence-electron chi connectivity index (χ2n) is 7.46. The van der Waals surface area contributed by atoms with Gasteiger partial charge in [0.2, 0.25) is 0 Å². The van der Waals surface area contributed by atoms with Crippen LogP contribution in [0.2, 0.25) is 10.0 Å². The summed E-state index contributed by atoms with van der Waals surface area (Å²) in [6, 6.07) is 19.1. The molecule has 3 aromatic carbocycles. The lowest BCUT2D eigenvalue weighted by Crippen LogP contribution is -2.30. The zero-order chi connectivity index (χ0) is 23.5. The predicted octanol–water partition coefficient (Wildman–Crippen LogP) is 6.71. The van der Waals surface area contributed by atoms with Gasteiger partial charge in [0.05, 0.1) is 5.02 Å². The van der Waals surface area contributed by atoms with Gasteiger partial charge in [-0.05, 0) is 67.9 Å². The summed E-state index contributed by atoms with van der Waals surface area (Å²) in [6.45, 7) is 3.45. The van der Waals surface area contributed by atoms with Gasteiger partial charge in [-0.1, -0.05) is 41.4 Å². The smallest absolute Gasteiger partial charge is 0.291 e. The number of halogens is 2. The molecule has 1 atom stereocenters. The van der Waals surface area contributed by atoms with Crippen molar-refractivity contribution in [1.29, 1.82) is 0 Å². The summed E-state index contributed by atoms with van der Waals surface area (Å²) in [5, 5.41) is 7.29. The average Bonchev–Trinajstić information content (AvgIpc) is 3.22. The SMILES string of the molecule is Cc1cc(NC(=O)C(C)Oc2ccc(Cl)cc2Cl)ccc1NC(=O)c1cc2ccccc2o1. The first-order valence-electron chi connectivity index (χ1n) is 10.1. The highest BCUT2D eigenvalue weighted by Crippen LogP contribution is 2.29. The number of aryl methyl sites for hydroxylation is 1. The molecule has 0 aliphatic carbocycles. The summed E-state index contributed by atoms with van der Waals surface area (Å²) in [5.74, 6) is -0.115. The molecule has 168 valence electrons. The minimum absolute atomic E-state index is 0.222. The fourth-order valence-corrected chi connectivity index (χ4v) is 3.67. The Morgan fingerprint density at radius 1 is 0.970 bits per heavy atom. The van der Waals surface area contributed by atoms with Gasteiger partial charge in [0.25, 0.3) is 11.8 Å². The van der Waals surface area contributed by atoms with E-state index in [-0.39, 0.29) is 17.6 Å². The van der Waals surface area contributed by atoms with Gasteiger partial charge in [-0.3, -0.25) is 9.59 Å². The molecule has 2 N–H and O–H groups in total. The summed E-state index contributed by atoms with van der Waals surface area (Å²) in [7, 11) is 0. The molecule has 1 unspecified atom stereocenters. The number of hydrogen-bond acceptors (Lipinski definition) is 4. The van der Waals surface area contributed by atoms with Crippen LogP contribution in [0.25, 0.3) is 11.0 Å². The van der Waals surface area contributed by atoms with Gasteiger partial charge in [0.1, 0.15) is 11.3 Å². The molecule has 0 spiro atoms. The molecule has 33 heavy (non-hydrogen) atoms. The van der Waals surface area contributed by atoms with Crippen LogP contribution in [0.3, 0.4) is 0 Å². The topological polar surface area (TPSA) is 80.6 Å². The summed E-state index contributed by atoms with van der Waals surface area (Å²) in [4.78, 5) is 25.2. The molecular weight excluding hydrogens is 463 g/mol. The van der Waals surface area contributed by atoms with Crippen LogP contribution in [0, 0.1) is 6.92 Å². The van der Waals surface area contributed by atoms with Gasteiger partial charge < -0.3 is 19.8 Å². The zero-order valence-corrected chi connectivity index (χ0v) is 19.3. The van der Waals surface area contributed by atoms with E-state index in [0.717, 1.165) is 10.9 Å². The standard InChI is InChI=1S/C25H20Cl2N2O4/c1-14-11-18(28-24(30)15(2)32-22-10-7-17(26)13-19(22)27)8-9-20(14)29-25(31)23-12-16-5-3-4-6-21(16)33-23/h3-13,15H,1-2H3,(H,28,30)(H,29,31). The van der Waals surface area contributed by atoms with Crippen LogP contribution in [-0.2, 0) is 4.79 Å². The Labute approximate surface area is 200 Å². The Kier molecular flexibility index (Phi) is 6.58. The average molecular weight is 483 g/mol. The van der Waals surface area contributed by atoms with Crippen LogP contribution in [0.15, 0.2) is 71.1 Å². The number of benzene rings is 3. The normalized spacial score (nSPS) is 11.8. The van der Waals surface area contributed by atoms with E-state index >= 15 is 0 Å². The zero-order valence-electron chi connectivity index (χ0n) is 17.8. The molecule has 0 radical (unpaired) electrons. The molecule has 1 aromatic heterocycles. The number of hydrogen-bond donors (Lipinski definition) is 2. The number of para-hydroxylation sites is 1. The molecule has 1 heterocycles. The number of ether oxygens (including phenoxy) is 1. The van der Waals surface area contributed by atoms with Crippen LogP contribution in [-0.4, -0.2) is 17.9 Å². The molecule has 2 amide bonds. The number of nitrogens with one attached hydrogen (secondary N) is 2. The lowest BCUT2D eigenvalue weighted by molar-refractivity contribution is -0.122. The highest BCUT2D eigenvalue weighted by Gasteiger charge is 2.18. The van der Waals surface area contributed by atoms with E-state index in [2.05, 4.69) is 10.6 Å². The van der Waals surface area contributed by atoms with Crippen molar-refractivity contribution in [1.82, 2.24) is 0 Å². The van der Waals surface area contributed by atoms with Gasteiger partial charge in [0.15, 0.2) is 11.9 Å². The number of amides is 2. The van der Waals surface area contributed by atoms with Gasteiger partial charge in [-0.15, -0.1) is 0 Å². The molecule has 0 aliphatic rings. The monoisotopic (exact) mass is 482 g/mol. The molecule has 0 saturated heterocycles. The Bertz CT molecular complexity index is 1320. The largest absolute Gasteiger partial charge is 0.479 e. The van der Waals surface area contributed by atoms with E-state index in [4.69, 9.17) is 32.4 Å². The van der Waals surface area contributed by atoms with Crippen molar-refractivity contribution in [3.05, 3.63) is 88.1 Å². The Hall–Kier alpha value is -3.48. The van der Waals surface area contributed by atoms with Crippen molar-refractivity contribution >= 4 is 57.4 Å². The van der Waals surface area contributed by atoms with Crippen LogP contribution in [0.5, 0.6) is 5.75 Å². The fraction of sp³-hybridized carbons (Fsp3) is 0.120. The third-order valence-electron chi connectivity index (χ3n) is 4.96. The number of rotatable bonds is 6. The van der Waals surface area contributed by atoms with E-state index in [1.807, 2.05) is 25.1 Å². The Balaban J connectivity index is 1.40. The van der Waals surface area contributed by atoms with Crippen molar-refractivity contribution in [3.8, 4) is 5.75 Å². The van der Waals surface area contributed by atoms with Crippen LogP contribution < -0.4 is 15.4 Å². The summed E-state index contributed by atoms with van der Waals surface area (Å²) in [6.07, 6.45) is -0.795. The maximum atomic E-state index is 12.6. The lowest BCUT2D eigenvalue weighted by atomic mass is 10.1. The Morgan fingerprint density at radius 2 is 1.76 bits per heavy atom. The van der Waals surface area contributed by atoms with Crippen LogP contribution >= 0.6 is 23.2 Å². The number of fused-ring (bicyclic) bond motifs is 1. The third kappa shape index (κ3) is 5.30. The highest BCUT2D eigenvalue weighted by atomic mass is 35.5. The molecule has 8 heteroatoms. The molecule has 4 rings (SSSR count). The van der Waals surface area contributed by atoms with Crippen molar-refractivity contribution < 1.29 is 18.7 Å². The van der Waals surface area contributed by atoms with Crippen molar-refractivity contribution in [2.75, 3.05) is 10.6 Å². The molecular formula is C25H20Cl2N2O4. The van der Waals surface area contributed by atoms with Gasteiger partial charge in [0, 0.05) is 21.8 Å². The van der Waals surface area contributed by atoms with Crippen molar-refractivity contribution in [3.63, 3.8) is 0 Å². The lowest BCUT2D eigenvalue weighted by Gasteiger charge is -2.16. The highest BCUT2D eigenvalue weighted by molar-refractivity contribution is 6.35. The first kappa shape index (κ1) is 22.7. The molecule has 6 nitrogen and oxygen atoms in total. The minimum Gasteiger partial charge on any atom is -0.479 e. The van der Waals surface area contributed by atoms with Gasteiger partial charge in [-0.2, -0.15) is 0 Å². The molecule has 4 aromatic rings. The van der Waals surface area contributed by atoms with E-state index in [9.17, 15) is 9.59 Å². The predicted molar refractivity (Wildman–Crippen MR) is 131 cm³/mol. The number of carbonyl (C=O) groups excluding carboxylic acids is 2. The van der Waals surface area contributed by atoms with Gasteiger partial charge >= 0.3 is 0 Å². The van der Waals surface area contributed by atoms with Crippen LogP contribution in [0.4, 0.5) is 11.4 Å². The third-order valence-corrected chi connectivity index (χ3v) is 5.49. The fourth-order valence-electron chi connectivity index (χ4n) is 3.22.